The molecule has 0 aliphatic carbocycles. The van der Waals surface area contributed by atoms with Crippen LogP contribution in [-0.4, -0.2) is 49.7 Å². The second-order valence-corrected chi connectivity index (χ2v) is 6.55. The first-order valence-electron chi connectivity index (χ1n) is 6.98. The monoisotopic (exact) mass is 278 g/mol. The highest BCUT2D eigenvalue weighted by Crippen LogP contribution is 2.37. The van der Waals surface area contributed by atoms with Crippen molar-refractivity contribution in [3.63, 3.8) is 0 Å². The smallest absolute Gasteiger partial charge is 0.231 e. The molecule has 3 atom stereocenters. The van der Waals surface area contributed by atoms with Crippen molar-refractivity contribution in [2.75, 3.05) is 37.7 Å². The van der Waals surface area contributed by atoms with Gasteiger partial charge in [0, 0.05) is 43.6 Å². The van der Waals surface area contributed by atoms with Gasteiger partial charge in [-0.25, -0.2) is 0 Å². The van der Waals surface area contributed by atoms with Crippen LogP contribution in [0.25, 0.3) is 0 Å². The van der Waals surface area contributed by atoms with Gasteiger partial charge in [0.2, 0.25) is 5.91 Å². The summed E-state index contributed by atoms with van der Waals surface area (Å²) in [5, 5.41) is 4.11. The minimum absolute atomic E-state index is 0.209. The van der Waals surface area contributed by atoms with Crippen molar-refractivity contribution in [3.05, 3.63) is 16.8 Å². The summed E-state index contributed by atoms with van der Waals surface area (Å²) in [5.41, 5.74) is 1.08. The summed E-state index contributed by atoms with van der Waals surface area (Å²) in [6.07, 6.45) is 1.13. The molecule has 1 aromatic heterocycles. The highest BCUT2D eigenvalue weighted by Gasteiger charge is 2.48. The van der Waals surface area contributed by atoms with Crippen LogP contribution in [0.5, 0.6) is 0 Å². The third kappa shape index (κ3) is 1.91. The highest BCUT2D eigenvalue weighted by molar-refractivity contribution is 7.08. The Hall–Kier alpha value is -0.910. The number of carbonyl (C=O) groups is 1. The van der Waals surface area contributed by atoms with Gasteiger partial charge >= 0.3 is 0 Å². The lowest BCUT2D eigenvalue weighted by molar-refractivity contribution is -0.120. The van der Waals surface area contributed by atoms with Crippen molar-refractivity contribution in [2.24, 2.45) is 11.8 Å². The third-order valence-corrected chi connectivity index (χ3v) is 5.38. The van der Waals surface area contributed by atoms with Gasteiger partial charge in [-0.3, -0.25) is 9.69 Å². The summed E-state index contributed by atoms with van der Waals surface area (Å²) in [5.74, 6) is 1.04. The normalized spacial score (nSPS) is 35.3. The number of ether oxygens (including phenoxy) is 1. The van der Waals surface area contributed by atoms with Crippen LogP contribution < -0.4 is 4.90 Å². The van der Waals surface area contributed by atoms with Gasteiger partial charge in [0.05, 0.1) is 18.2 Å². The van der Waals surface area contributed by atoms with Crippen LogP contribution in [0.2, 0.25) is 0 Å². The van der Waals surface area contributed by atoms with Crippen molar-refractivity contribution < 1.29 is 9.53 Å². The molecule has 0 N–H and O–H groups in total. The van der Waals surface area contributed by atoms with E-state index in [0.717, 1.165) is 45.0 Å². The Bertz CT molecular complexity index is 470. The first-order chi connectivity index (χ1) is 9.33. The van der Waals surface area contributed by atoms with E-state index >= 15 is 0 Å². The topological polar surface area (TPSA) is 32.8 Å². The molecule has 0 radical (unpaired) electrons. The fraction of sp³-hybridized carbons (Fsp3) is 0.643. The zero-order valence-electron chi connectivity index (χ0n) is 10.8. The fourth-order valence-corrected chi connectivity index (χ4v) is 4.29. The van der Waals surface area contributed by atoms with Crippen molar-refractivity contribution in [1.82, 2.24) is 4.90 Å². The van der Waals surface area contributed by atoms with E-state index < -0.39 is 0 Å². The van der Waals surface area contributed by atoms with E-state index in [0.29, 0.717) is 17.9 Å². The highest BCUT2D eigenvalue weighted by atomic mass is 32.1. The number of hydrogen-bond donors (Lipinski definition) is 0. The van der Waals surface area contributed by atoms with Gasteiger partial charge in [0.25, 0.3) is 0 Å². The van der Waals surface area contributed by atoms with Crippen LogP contribution in [0.15, 0.2) is 16.8 Å². The van der Waals surface area contributed by atoms with Crippen molar-refractivity contribution >= 4 is 22.9 Å². The Kier molecular flexibility index (Phi) is 2.86. The van der Waals surface area contributed by atoms with Crippen LogP contribution in [0, 0.1) is 11.8 Å². The molecule has 0 spiro atoms. The minimum atomic E-state index is 0.209. The van der Waals surface area contributed by atoms with E-state index in [1.165, 1.54) is 0 Å². The maximum absolute atomic E-state index is 12.5. The number of fused-ring (bicyclic) bond motifs is 1. The Labute approximate surface area is 116 Å². The predicted octanol–water partition coefficient (Wildman–Crippen LogP) is 1.43. The standard InChI is InChI=1S/C14H18N2O2S/c17-14-13-7-15(11-1-3-18-8-11)5-10(13)6-16(14)12-2-4-19-9-12/h2,4,9-11,13H,1,3,5-8H2/t10-,11?,13-/m1/s1. The lowest BCUT2D eigenvalue weighted by atomic mass is 10.0. The molecule has 5 heteroatoms. The molecule has 4 heterocycles. The Morgan fingerprint density at radius 3 is 2.95 bits per heavy atom. The van der Waals surface area contributed by atoms with E-state index in [2.05, 4.69) is 10.3 Å². The number of carbonyl (C=O) groups excluding carboxylic acids is 1. The summed E-state index contributed by atoms with van der Waals surface area (Å²) < 4.78 is 5.46. The third-order valence-electron chi connectivity index (χ3n) is 4.71. The zero-order valence-corrected chi connectivity index (χ0v) is 11.6. The number of hydrogen-bond acceptors (Lipinski definition) is 4. The minimum Gasteiger partial charge on any atom is -0.380 e. The second-order valence-electron chi connectivity index (χ2n) is 5.77. The lowest BCUT2D eigenvalue weighted by Crippen LogP contribution is -2.38. The van der Waals surface area contributed by atoms with Crippen molar-refractivity contribution in [2.45, 2.75) is 12.5 Å². The number of likely N-dealkylation sites (tertiary alicyclic amines) is 1. The number of rotatable bonds is 2. The molecule has 1 amide bonds. The SMILES string of the molecule is O=C1[C@@H]2CN(C3CCOC3)C[C@@H]2CN1c1ccsc1. The molecule has 0 aromatic carbocycles. The maximum atomic E-state index is 12.5. The molecule has 4 rings (SSSR count). The van der Waals surface area contributed by atoms with Crippen LogP contribution >= 0.6 is 11.3 Å². The van der Waals surface area contributed by atoms with Crippen LogP contribution in [0.4, 0.5) is 5.69 Å². The molecule has 3 saturated heterocycles. The number of thiophene rings is 1. The van der Waals surface area contributed by atoms with Gasteiger partial charge in [-0.05, 0) is 17.9 Å². The van der Waals surface area contributed by atoms with E-state index in [4.69, 9.17) is 4.74 Å². The zero-order chi connectivity index (χ0) is 12.8. The first-order valence-corrected chi connectivity index (χ1v) is 7.92. The number of nitrogens with zero attached hydrogens (tertiary/aromatic N) is 2. The molecule has 4 nitrogen and oxygen atoms in total. The van der Waals surface area contributed by atoms with Gasteiger partial charge in [-0.2, -0.15) is 11.3 Å². The molecule has 19 heavy (non-hydrogen) atoms. The fourth-order valence-electron chi connectivity index (χ4n) is 3.65. The first kappa shape index (κ1) is 11.9. The Morgan fingerprint density at radius 2 is 2.26 bits per heavy atom. The lowest BCUT2D eigenvalue weighted by Gasteiger charge is -2.25. The molecule has 3 aliphatic heterocycles. The van der Waals surface area contributed by atoms with Gasteiger partial charge < -0.3 is 9.64 Å². The molecule has 102 valence electrons. The largest absolute Gasteiger partial charge is 0.380 e. The maximum Gasteiger partial charge on any atom is 0.231 e. The van der Waals surface area contributed by atoms with Crippen LogP contribution in [0.3, 0.4) is 0 Å². The number of anilines is 1. The molecule has 3 fully saturated rings. The second kappa shape index (κ2) is 4.58. The van der Waals surface area contributed by atoms with Gasteiger partial charge in [0.15, 0.2) is 0 Å². The molecular formula is C14H18N2O2S. The quantitative estimate of drug-likeness (QED) is 0.820. The van der Waals surface area contributed by atoms with E-state index in [-0.39, 0.29) is 5.92 Å². The predicted molar refractivity (Wildman–Crippen MR) is 74.4 cm³/mol. The average molecular weight is 278 g/mol. The summed E-state index contributed by atoms with van der Waals surface area (Å²) >= 11 is 1.66. The number of amides is 1. The van der Waals surface area contributed by atoms with E-state index in [9.17, 15) is 4.79 Å². The van der Waals surface area contributed by atoms with Crippen molar-refractivity contribution in [3.8, 4) is 0 Å². The Morgan fingerprint density at radius 1 is 1.32 bits per heavy atom. The van der Waals surface area contributed by atoms with Crippen LogP contribution in [0.1, 0.15) is 6.42 Å². The van der Waals surface area contributed by atoms with Gasteiger partial charge in [-0.1, -0.05) is 0 Å². The molecule has 0 bridgehead atoms. The molecule has 3 aliphatic rings. The molecule has 1 unspecified atom stereocenters. The van der Waals surface area contributed by atoms with Crippen LogP contribution in [-0.2, 0) is 9.53 Å². The van der Waals surface area contributed by atoms with Gasteiger partial charge in [0.1, 0.15) is 0 Å². The van der Waals surface area contributed by atoms with Crippen molar-refractivity contribution in [1.29, 1.82) is 0 Å². The summed E-state index contributed by atoms with van der Waals surface area (Å²) in [6, 6.07) is 2.60. The molecule has 1 aromatic rings. The summed E-state index contributed by atoms with van der Waals surface area (Å²) in [4.78, 5) is 17.0. The molecular weight excluding hydrogens is 260 g/mol. The van der Waals surface area contributed by atoms with E-state index in [1.807, 2.05) is 16.3 Å². The summed E-state index contributed by atoms with van der Waals surface area (Å²) in [6.45, 7) is 4.61. The van der Waals surface area contributed by atoms with Gasteiger partial charge in [-0.15, -0.1) is 0 Å². The average Bonchev–Trinajstić information content (AvgIpc) is 3.15. The van der Waals surface area contributed by atoms with E-state index in [1.54, 1.807) is 11.3 Å². The molecule has 0 saturated carbocycles. The Balaban J connectivity index is 1.47. The summed E-state index contributed by atoms with van der Waals surface area (Å²) in [7, 11) is 0.